The fraction of sp³-hybridized carbons (Fsp3) is 0.621. The summed E-state index contributed by atoms with van der Waals surface area (Å²) in [5.41, 5.74) is 6.65. The molecule has 6 rings (SSSR count). The monoisotopic (exact) mass is 510 g/mol. The van der Waals surface area contributed by atoms with Crippen molar-refractivity contribution in [3.8, 4) is 0 Å². The maximum Gasteiger partial charge on any atom is 0.211 e. The number of ketones is 1. The molecule has 194 valence electrons. The van der Waals surface area contributed by atoms with Crippen LogP contribution in [0, 0.1) is 17.3 Å². The van der Waals surface area contributed by atoms with Crippen molar-refractivity contribution in [2.24, 2.45) is 17.3 Å². The Morgan fingerprint density at radius 3 is 2.39 bits per heavy atom. The Morgan fingerprint density at radius 1 is 0.972 bits per heavy atom. The number of aliphatic hydroxyl groups is 1. The van der Waals surface area contributed by atoms with Crippen LogP contribution in [0.3, 0.4) is 0 Å². The van der Waals surface area contributed by atoms with Gasteiger partial charge in [-0.15, -0.1) is 0 Å². The Kier molecular flexibility index (Phi) is 5.97. The Bertz CT molecular complexity index is 1230. The number of rotatable bonds is 3. The molecule has 0 aromatic heterocycles. The van der Waals surface area contributed by atoms with Crippen molar-refractivity contribution in [3.63, 3.8) is 0 Å². The molecule has 0 unspecified atom stereocenters. The number of benzene rings is 1. The van der Waals surface area contributed by atoms with Crippen LogP contribution in [0.5, 0.6) is 0 Å². The molecule has 7 heteroatoms. The van der Waals surface area contributed by atoms with E-state index in [0.717, 1.165) is 44.2 Å². The third kappa shape index (κ3) is 3.98. The summed E-state index contributed by atoms with van der Waals surface area (Å²) in [6, 6.07) is 8.89. The largest absolute Gasteiger partial charge is 0.393 e. The zero-order valence-corrected chi connectivity index (χ0v) is 22.3. The van der Waals surface area contributed by atoms with Gasteiger partial charge in [-0.3, -0.25) is 4.79 Å². The van der Waals surface area contributed by atoms with Crippen molar-refractivity contribution in [2.75, 3.05) is 37.3 Å². The lowest BCUT2D eigenvalue weighted by Crippen LogP contribution is -2.48. The molecular weight excluding hydrogens is 472 g/mol. The van der Waals surface area contributed by atoms with E-state index in [2.05, 4.69) is 36.1 Å². The fourth-order valence-corrected chi connectivity index (χ4v) is 8.95. The van der Waals surface area contributed by atoms with Gasteiger partial charge in [0.05, 0.1) is 12.4 Å². The van der Waals surface area contributed by atoms with Gasteiger partial charge in [-0.2, -0.15) is 4.31 Å². The minimum absolute atomic E-state index is 0.0637. The van der Waals surface area contributed by atoms with Gasteiger partial charge in [0.2, 0.25) is 10.0 Å². The van der Waals surface area contributed by atoms with E-state index >= 15 is 0 Å². The molecule has 1 aromatic rings. The van der Waals surface area contributed by atoms with Crippen molar-refractivity contribution in [2.45, 2.75) is 63.9 Å². The van der Waals surface area contributed by atoms with Crippen LogP contribution in [-0.4, -0.2) is 62.2 Å². The van der Waals surface area contributed by atoms with Gasteiger partial charge in [0, 0.05) is 44.2 Å². The minimum Gasteiger partial charge on any atom is -0.393 e. The Labute approximate surface area is 215 Å². The summed E-state index contributed by atoms with van der Waals surface area (Å²) in [6.45, 7) is 4.75. The Hall–Kier alpha value is -1.96. The van der Waals surface area contributed by atoms with Crippen molar-refractivity contribution in [3.05, 3.63) is 52.6 Å². The predicted octanol–water partition coefficient (Wildman–Crippen LogP) is 4.03. The molecule has 5 atom stereocenters. The number of sulfonamides is 1. The van der Waals surface area contributed by atoms with Crippen LogP contribution in [-0.2, 0) is 14.8 Å². The van der Waals surface area contributed by atoms with E-state index < -0.39 is 10.0 Å². The van der Waals surface area contributed by atoms with Crippen molar-refractivity contribution >= 4 is 21.5 Å². The van der Waals surface area contributed by atoms with E-state index in [0.29, 0.717) is 44.4 Å². The first-order valence-corrected chi connectivity index (χ1v) is 15.4. The number of nitrogens with zero attached hydrogens (tertiary/aromatic N) is 2. The second-order valence-electron chi connectivity index (χ2n) is 11.9. The van der Waals surface area contributed by atoms with E-state index in [1.165, 1.54) is 23.0 Å². The maximum absolute atomic E-state index is 12.2. The van der Waals surface area contributed by atoms with Crippen LogP contribution in [0.15, 0.2) is 47.1 Å². The second kappa shape index (κ2) is 8.81. The standard InChI is InChI=1S/C29H38N2O4S/c1-29-18-25(19-3-6-21(7-4-19)30-13-15-31(16-14-30)36(2,34)35)28-23-10-8-22(32)17-20(23)5-9-24(28)26(29)11-12-27(29)33/h3-4,6-7,17,24-27,33H,5,8-16,18H2,1-2H3/t24-,25+,26-,27-,29-/m0/s1. The molecule has 6 nitrogen and oxygen atoms in total. The summed E-state index contributed by atoms with van der Waals surface area (Å²) in [5, 5.41) is 11.1. The highest BCUT2D eigenvalue weighted by molar-refractivity contribution is 7.88. The molecule has 1 N–H and O–H groups in total. The average molecular weight is 511 g/mol. The van der Waals surface area contributed by atoms with Gasteiger partial charge in [-0.25, -0.2) is 8.42 Å². The summed E-state index contributed by atoms with van der Waals surface area (Å²) >= 11 is 0. The van der Waals surface area contributed by atoms with E-state index in [1.54, 1.807) is 9.88 Å². The molecule has 1 heterocycles. The summed E-state index contributed by atoms with van der Waals surface area (Å²) in [7, 11) is -3.14. The first-order chi connectivity index (χ1) is 17.1. The number of fused-ring (bicyclic) bond motifs is 4. The van der Waals surface area contributed by atoms with Crippen LogP contribution >= 0.6 is 0 Å². The van der Waals surface area contributed by atoms with E-state index in [9.17, 15) is 18.3 Å². The zero-order valence-electron chi connectivity index (χ0n) is 21.4. The van der Waals surface area contributed by atoms with Gasteiger partial charge in [-0.05, 0) is 90.7 Å². The molecule has 0 bridgehead atoms. The maximum atomic E-state index is 12.2. The van der Waals surface area contributed by atoms with Crippen LogP contribution in [0.1, 0.15) is 63.4 Å². The second-order valence-corrected chi connectivity index (χ2v) is 13.9. The lowest BCUT2D eigenvalue weighted by molar-refractivity contribution is -0.114. The molecule has 5 aliphatic rings. The van der Waals surface area contributed by atoms with E-state index in [4.69, 9.17) is 0 Å². The van der Waals surface area contributed by atoms with Gasteiger partial charge in [0.15, 0.2) is 5.78 Å². The number of carbonyl (C=O) groups excluding carboxylic acids is 1. The molecule has 2 saturated carbocycles. The number of hydrogen-bond donors (Lipinski definition) is 1. The van der Waals surface area contributed by atoms with Gasteiger partial charge < -0.3 is 10.0 Å². The van der Waals surface area contributed by atoms with Crippen LogP contribution in [0.2, 0.25) is 0 Å². The Balaban J connectivity index is 1.33. The van der Waals surface area contributed by atoms with Crippen LogP contribution < -0.4 is 4.90 Å². The first kappa shape index (κ1) is 24.4. The minimum atomic E-state index is -3.14. The average Bonchev–Trinajstić information content (AvgIpc) is 3.17. The smallest absolute Gasteiger partial charge is 0.211 e. The lowest BCUT2D eigenvalue weighted by Gasteiger charge is -2.52. The highest BCUT2D eigenvalue weighted by Gasteiger charge is 2.56. The van der Waals surface area contributed by atoms with Crippen LogP contribution in [0.25, 0.3) is 0 Å². The molecule has 0 spiro atoms. The molecule has 36 heavy (non-hydrogen) atoms. The topological polar surface area (TPSA) is 77.9 Å². The molecule has 3 fully saturated rings. The number of hydrogen-bond acceptors (Lipinski definition) is 5. The molecule has 1 aromatic carbocycles. The molecule has 0 radical (unpaired) electrons. The fourth-order valence-electron chi connectivity index (χ4n) is 8.13. The summed E-state index contributed by atoms with van der Waals surface area (Å²) in [5.74, 6) is 1.56. The summed E-state index contributed by atoms with van der Waals surface area (Å²) < 4.78 is 25.3. The highest BCUT2D eigenvalue weighted by atomic mass is 32.2. The molecule has 1 aliphatic heterocycles. The Morgan fingerprint density at radius 2 is 1.69 bits per heavy atom. The number of anilines is 1. The predicted molar refractivity (Wildman–Crippen MR) is 141 cm³/mol. The highest BCUT2D eigenvalue weighted by Crippen LogP contribution is 2.63. The number of carbonyl (C=O) groups is 1. The van der Waals surface area contributed by atoms with Crippen molar-refractivity contribution in [1.29, 1.82) is 0 Å². The van der Waals surface area contributed by atoms with E-state index in [1.807, 2.05) is 6.08 Å². The lowest BCUT2D eigenvalue weighted by atomic mass is 9.53. The molecule has 1 saturated heterocycles. The van der Waals surface area contributed by atoms with Gasteiger partial charge in [-0.1, -0.05) is 24.6 Å². The molecular formula is C29H38N2O4S. The summed E-state index contributed by atoms with van der Waals surface area (Å²) in [6.07, 6.45) is 9.46. The number of piperazine rings is 1. The third-order valence-corrected chi connectivity index (χ3v) is 11.4. The van der Waals surface area contributed by atoms with E-state index in [-0.39, 0.29) is 23.2 Å². The van der Waals surface area contributed by atoms with Gasteiger partial charge in [0.25, 0.3) is 0 Å². The zero-order chi connectivity index (χ0) is 25.2. The SMILES string of the molecule is C[C@]12C[C@H](c3ccc(N4CCN(S(C)(=O)=O)CC4)cc3)C3=C4CCC(=O)C=C4CC[C@H]3[C@@H]1CC[C@@H]2O. The van der Waals surface area contributed by atoms with Crippen molar-refractivity contribution in [1.82, 2.24) is 4.31 Å². The van der Waals surface area contributed by atoms with Gasteiger partial charge >= 0.3 is 0 Å². The third-order valence-electron chi connectivity index (χ3n) is 10.0. The first-order valence-electron chi connectivity index (χ1n) is 13.6. The van der Waals surface area contributed by atoms with Crippen molar-refractivity contribution < 1.29 is 18.3 Å². The van der Waals surface area contributed by atoms with Gasteiger partial charge in [0.1, 0.15) is 0 Å². The number of allylic oxidation sites excluding steroid dienone is 4. The number of aliphatic hydroxyl groups excluding tert-OH is 1. The van der Waals surface area contributed by atoms with Crippen LogP contribution in [0.4, 0.5) is 5.69 Å². The molecule has 4 aliphatic carbocycles. The summed E-state index contributed by atoms with van der Waals surface area (Å²) in [4.78, 5) is 14.5. The normalized spacial score (nSPS) is 35.2. The molecule has 0 amide bonds. The quantitative estimate of drug-likeness (QED) is 0.664.